The molecule has 4 nitrogen and oxygen atoms in total. The number of carbonyl (C=O) groups excluding carboxylic acids is 2. The van der Waals surface area contributed by atoms with E-state index in [9.17, 15) is 9.59 Å². The third kappa shape index (κ3) is 2.54. The zero-order valence-electron chi connectivity index (χ0n) is 14.2. The fourth-order valence-corrected chi connectivity index (χ4v) is 3.41. The number of ketones is 2. The number of ether oxygens (including phenoxy) is 2. The molecule has 2 aliphatic rings. The van der Waals surface area contributed by atoms with Crippen molar-refractivity contribution in [1.29, 1.82) is 0 Å². The van der Waals surface area contributed by atoms with E-state index in [1.807, 2.05) is 26.0 Å². The monoisotopic (exact) mass is 334 g/mol. The van der Waals surface area contributed by atoms with Crippen molar-refractivity contribution in [3.8, 4) is 11.5 Å². The van der Waals surface area contributed by atoms with E-state index >= 15 is 0 Å². The van der Waals surface area contributed by atoms with Crippen LogP contribution >= 0.6 is 0 Å². The highest BCUT2D eigenvalue weighted by atomic mass is 16.5. The van der Waals surface area contributed by atoms with Crippen LogP contribution < -0.4 is 9.47 Å². The molecule has 2 aromatic rings. The van der Waals surface area contributed by atoms with Crippen LogP contribution in [0.1, 0.15) is 45.7 Å². The number of hydrogen-bond acceptors (Lipinski definition) is 4. The lowest BCUT2D eigenvalue weighted by molar-refractivity contribution is 0.0990. The molecule has 1 aliphatic carbocycles. The molecule has 1 atom stereocenters. The molecular weight excluding hydrogens is 316 g/mol. The van der Waals surface area contributed by atoms with Crippen LogP contribution in [0.3, 0.4) is 0 Å². The third-order valence-electron chi connectivity index (χ3n) is 4.53. The lowest BCUT2D eigenvalue weighted by atomic mass is 10.0. The maximum absolute atomic E-state index is 12.6. The van der Waals surface area contributed by atoms with Gasteiger partial charge in [-0.1, -0.05) is 24.3 Å². The van der Waals surface area contributed by atoms with Crippen molar-refractivity contribution in [3.63, 3.8) is 0 Å². The van der Waals surface area contributed by atoms with Gasteiger partial charge >= 0.3 is 0 Å². The Morgan fingerprint density at radius 2 is 1.84 bits per heavy atom. The van der Waals surface area contributed by atoms with Crippen molar-refractivity contribution in [1.82, 2.24) is 0 Å². The molecule has 0 unspecified atom stereocenters. The maximum atomic E-state index is 12.6. The number of Topliss-reactive ketones (excluding diaryl/α,β-unsaturated/α-hetero) is 2. The minimum Gasteiger partial charge on any atom is -0.493 e. The molecule has 0 amide bonds. The Kier molecular flexibility index (Phi) is 3.68. The maximum Gasteiger partial charge on any atom is 0.197 e. The molecule has 1 aliphatic heterocycles. The quantitative estimate of drug-likeness (QED) is 0.631. The molecule has 126 valence electrons. The summed E-state index contributed by atoms with van der Waals surface area (Å²) in [5.41, 5.74) is 2.88. The Bertz CT molecular complexity index is 886. The first-order valence-electron chi connectivity index (χ1n) is 8.45. The topological polar surface area (TPSA) is 52.6 Å². The van der Waals surface area contributed by atoms with Gasteiger partial charge < -0.3 is 9.47 Å². The summed E-state index contributed by atoms with van der Waals surface area (Å²) in [5, 5.41) is 0. The molecule has 0 N–H and O–H groups in total. The summed E-state index contributed by atoms with van der Waals surface area (Å²) in [5.74, 6) is 0.983. The second-order valence-electron chi connectivity index (χ2n) is 6.33. The predicted octanol–water partition coefficient (Wildman–Crippen LogP) is 3.87. The van der Waals surface area contributed by atoms with Gasteiger partial charge in [-0.25, -0.2) is 0 Å². The smallest absolute Gasteiger partial charge is 0.197 e. The molecule has 0 saturated carbocycles. The van der Waals surface area contributed by atoms with E-state index in [1.54, 1.807) is 30.3 Å². The van der Waals surface area contributed by atoms with Crippen molar-refractivity contribution in [2.24, 2.45) is 0 Å². The van der Waals surface area contributed by atoms with Gasteiger partial charge in [0.2, 0.25) is 0 Å². The molecule has 0 fully saturated rings. The van der Waals surface area contributed by atoms with Gasteiger partial charge in [-0.2, -0.15) is 0 Å². The van der Waals surface area contributed by atoms with Crippen molar-refractivity contribution in [2.45, 2.75) is 26.4 Å². The standard InChI is InChI=1S/C21H18O4/c1-3-24-18-10-13-8-12(2)25-19(13)11-14(18)9-17-20(22)15-6-4-5-7-16(15)21(17)23/h4-7,9-12H,3,8H2,1-2H3/t12-/m0/s1. The van der Waals surface area contributed by atoms with E-state index in [4.69, 9.17) is 9.47 Å². The van der Waals surface area contributed by atoms with Crippen LogP contribution in [0.5, 0.6) is 11.5 Å². The molecule has 0 aromatic heterocycles. The number of fused-ring (bicyclic) bond motifs is 2. The van der Waals surface area contributed by atoms with Crippen LogP contribution in [0, 0.1) is 0 Å². The predicted molar refractivity (Wildman–Crippen MR) is 94.5 cm³/mol. The van der Waals surface area contributed by atoms with Crippen molar-refractivity contribution >= 4 is 17.6 Å². The van der Waals surface area contributed by atoms with Gasteiger partial charge in [-0.05, 0) is 32.1 Å². The first kappa shape index (κ1) is 15.6. The number of allylic oxidation sites excluding steroid dienone is 1. The Morgan fingerprint density at radius 3 is 2.48 bits per heavy atom. The molecule has 0 bridgehead atoms. The van der Waals surface area contributed by atoms with Crippen molar-refractivity contribution in [3.05, 3.63) is 64.2 Å². The van der Waals surface area contributed by atoms with Gasteiger partial charge in [-0.3, -0.25) is 9.59 Å². The largest absolute Gasteiger partial charge is 0.493 e. The zero-order valence-corrected chi connectivity index (χ0v) is 14.2. The highest BCUT2D eigenvalue weighted by Crippen LogP contribution is 2.37. The highest BCUT2D eigenvalue weighted by Gasteiger charge is 2.33. The van der Waals surface area contributed by atoms with Crippen LogP contribution in [0.4, 0.5) is 0 Å². The zero-order chi connectivity index (χ0) is 17.6. The second kappa shape index (κ2) is 5.88. The van der Waals surface area contributed by atoms with Crippen LogP contribution in [-0.2, 0) is 6.42 Å². The number of rotatable bonds is 3. The highest BCUT2D eigenvalue weighted by molar-refractivity contribution is 6.41. The SMILES string of the molecule is CCOc1cc2c(cc1C=C1C(=O)c3ccccc3C1=O)O[C@@H](C)C2. The summed E-state index contributed by atoms with van der Waals surface area (Å²) in [4.78, 5) is 25.2. The molecule has 1 heterocycles. The average Bonchev–Trinajstić information content (AvgIpc) is 3.07. The Morgan fingerprint density at radius 1 is 1.16 bits per heavy atom. The van der Waals surface area contributed by atoms with E-state index in [1.165, 1.54) is 0 Å². The first-order chi connectivity index (χ1) is 12.1. The van der Waals surface area contributed by atoms with E-state index in [2.05, 4.69) is 0 Å². The second-order valence-corrected chi connectivity index (χ2v) is 6.33. The third-order valence-corrected chi connectivity index (χ3v) is 4.53. The molecule has 0 spiro atoms. The van der Waals surface area contributed by atoms with E-state index in [0.717, 1.165) is 17.7 Å². The Labute approximate surface area is 146 Å². The van der Waals surface area contributed by atoms with E-state index in [0.29, 0.717) is 29.0 Å². The summed E-state index contributed by atoms with van der Waals surface area (Å²) < 4.78 is 11.5. The molecule has 0 saturated heterocycles. The van der Waals surface area contributed by atoms with Crippen molar-refractivity contribution < 1.29 is 19.1 Å². The molecule has 0 radical (unpaired) electrons. The summed E-state index contributed by atoms with van der Waals surface area (Å²) in [6, 6.07) is 10.7. The minimum absolute atomic E-state index is 0.117. The molecule has 4 heteroatoms. The first-order valence-corrected chi connectivity index (χ1v) is 8.45. The van der Waals surface area contributed by atoms with Gasteiger partial charge in [0.1, 0.15) is 17.6 Å². The van der Waals surface area contributed by atoms with Gasteiger partial charge in [0.25, 0.3) is 0 Å². The lowest BCUT2D eigenvalue weighted by Gasteiger charge is -2.10. The Hall–Kier alpha value is -2.88. The van der Waals surface area contributed by atoms with Crippen LogP contribution in [0.2, 0.25) is 0 Å². The van der Waals surface area contributed by atoms with Crippen molar-refractivity contribution in [2.75, 3.05) is 6.61 Å². The lowest BCUT2D eigenvalue weighted by Crippen LogP contribution is -2.05. The van der Waals surface area contributed by atoms with Gasteiger partial charge in [-0.15, -0.1) is 0 Å². The minimum atomic E-state index is -0.238. The molecule has 2 aromatic carbocycles. The van der Waals surface area contributed by atoms with Gasteiger partial charge in [0, 0.05) is 28.7 Å². The van der Waals surface area contributed by atoms with E-state index in [-0.39, 0.29) is 23.2 Å². The van der Waals surface area contributed by atoms with Crippen LogP contribution in [0.25, 0.3) is 6.08 Å². The summed E-state index contributed by atoms with van der Waals surface area (Å²) in [7, 11) is 0. The summed E-state index contributed by atoms with van der Waals surface area (Å²) in [6.45, 7) is 4.43. The van der Waals surface area contributed by atoms with Gasteiger partial charge in [0.15, 0.2) is 11.6 Å². The Balaban J connectivity index is 1.81. The van der Waals surface area contributed by atoms with E-state index < -0.39 is 0 Å². The van der Waals surface area contributed by atoms with Gasteiger partial charge in [0.05, 0.1) is 12.2 Å². The number of hydrogen-bond donors (Lipinski definition) is 0. The molecular formula is C21H18O4. The summed E-state index contributed by atoms with van der Waals surface area (Å²) in [6.07, 6.45) is 2.57. The average molecular weight is 334 g/mol. The number of benzene rings is 2. The van der Waals surface area contributed by atoms with Crippen LogP contribution in [-0.4, -0.2) is 24.3 Å². The number of carbonyl (C=O) groups is 2. The molecule has 25 heavy (non-hydrogen) atoms. The summed E-state index contributed by atoms with van der Waals surface area (Å²) >= 11 is 0. The normalized spacial score (nSPS) is 18.0. The fraction of sp³-hybridized carbons (Fsp3) is 0.238. The molecule has 4 rings (SSSR count). The van der Waals surface area contributed by atoms with Crippen LogP contribution in [0.15, 0.2) is 42.0 Å². The fourth-order valence-electron chi connectivity index (χ4n) is 3.41.